The number of halogens is 1. The molecule has 2 amide bonds. The molecule has 142 valence electrons. The molecule has 0 fully saturated rings. The molecule has 5 nitrogen and oxygen atoms in total. The van der Waals surface area contributed by atoms with Crippen LogP contribution in [-0.4, -0.2) is 16.8 Å². The molecule has 28 heavy (non-hydrogen) atoms. The molecule has 0 aliphatic rings. The molecular weight excluding hydrogens is 357 g/mol. The van der Waals surface area contributed by atoms with Crippen LogP contribution in [0.4, 0.5) is 10.1 Å². The van der Waals surface area contributed by atoms with E-state index in [0.29, 0.717) is 5.69 Å². The Hall–Kier alpha value is -3.54. The summed E-state index contributed by atoms with van der Waals surface area (Å²) in [5.41, 5.74) is 4.22. The summed E-state index contributed by atoms with van der Waals surface area (Å²) in [5.74, 6) is -1.04. The van der Waals surface area contributed by atoms with Crippen molar-refractivity contribution in [3.05, 3.63) is 94.6 Å². The number of aryl methyl sites for hydroxylation is 2. The second-order valence-electron chi connectivity index (χ2n) is 6.52. The molecule has 6 heteroatoms. The summed E-state index contributed by atoms with van der Waals surface area (Å²) < 4.78 is 12.9. The van der Waals surface area contributed by atoms with Crippen LogP contribution in [0.1, 0.15) is 37.4 Å². The summed E-state index contributed by atoms with van der Waals surface area (Å²) in [7, 11) is 0. The molecule has 0 atom stereocenters. The number of anilines is 1. The summed E-state index contributed by atoms with van der Waals surface area (Å²) in [5, 5.41) is 5.54. The SMILES string of the molecule is Cc1ccc(NC(=O)c2cncc(C(=O)NCc3ccc(F)cc3)c2)cc1C. The third kappa shape index (κ3) is 4.79. The molecule has 2 aromatic carbocycles. The van der Waals surface area contributed by atoms with Crippen LogP contribution < -0.4 is 10.6 Å². The fourth-order valence-corrected chi connectivity index (χ4v) is 2.60. The van der Waals surface area contributed by atoms with Crippen molar-refractivity contribution in [3.8, 4) is 0 Å². The molecule has 0 aliphatic heterocycles. The lowest BCUT2D eigenvalue weighted by molar-refractivity contribution is 0.0950. The average Bonchev–Trinajstić information content (AvgIpc) is 2.70. The molecule has 1 aromatic heterocycles. The van der Waals surface area contributed by atoms with E-state index >= 15 is 0 Å². The highest BCUT2D eigenvalue weighted by atomic mass is 19.1. The van der Waals surface area contributed by atoms with Gasteiger partial charge in [-0.15, -0.1) is 0 Å². The van der Waals surface area contributed by atoms with Gasteiger partial charge in [-0.1, -0.05) is 18.2 Å². The lowest BCUT2D eigenvalue weighted by atomic mass is 10.1. The Morgan fingerprint density at radius 3 is 2.25 bits per heavy atom. The third-order valence-electron chi connectivity index (χ3n) is 4.39. The van der Waals surface area contributed by atoms with Crippen molar-refractivity contribution in [2.45, 2.75) is 20.4 Å². The van der Waals surface area contributed by atoms with E-state index in [1.165, 1.54) is 30.6 Å². The second kappa shape index (κ2) is 8.43. The fourth-order valence-electron chi connectivity index (χ4n) is 2.60. The standard InChI is InChI=1S/C22H20FN3O2/c1-14-3-8-20(9-15(14)2)26-22(28)18-10-17(12-24-13-18)21(27)25-11-16-4-6-19(23)7-5-16/h3-10,12-13H,11H2,1-2H3,(H,25,27)(H,26,28). The number of carbonyl (C=O) groups excluding carboxylic acids is 2. The maximum Gasteiger partial charge on any atom is 0.257 e. The zero-order valence-electron chi connectivity index (χ0n) is 15.6. The van der Waals surface area contributed by atoms with E-state index in [1.807, 2.05) is 32.0 Å². The Kier molecular flexibility index (Phi) is 5.79. The largest absolute Gasteiger partial charge is 0.348 e. The van der Waals surface area contributed by atoms with Gasteiger partial charge in [-0.25, -0.2) is 4.39 Å². The molecule has 1 heterocycles. The number of aromatic nitrogens is 1. The van der Waals surface area contributed by atoms with Crippen molar-refractivity contribution < 1.29 is 14.0 Å². The maximum absolute atomic E-state index is 12.9. The van der Waals surface area contributed by atoms with Crippen molar-refractivity contribution >= 4 is 17.5 Å². The minimum Gasteiger partial charge on any atom is -0.348 e. The zero-order chi connectivity index (χ0) is 20.1. The first-order valence-electron chi connectivity index (χ1n) is 8.78. The topological polar surface area (TPSA) is 71.1 Å². The van der Waals surface area contributed by atoms with Gasteiger partial charge in [0.2, 0.25) is 0 Å². The lowest BCUT2D eigenvalue weighted by Gasteiger charge is -2.09. The molecule has 2 N–H and O–H groups in total. The van der Waals surface area contributed by atoms with E-state index < -0.39 is 0 Å². The first-order chi connectivity index (χ1) is 13.4. The molecule has 3 aromatic rings. The van der Waals surface area contributed by atoms with Gasteiger partial charge in [0.05, 0.1) is 11.1 Å². The molecule has 0 aliphatic carbocycles. The quantitative estimate of drug-likeness (QED) is 0.705. The molecular formula is C22H20FN3O2. The van der Waals surface area contributed by atoms with Crippen LogP contribution >= 0.6 is 0 Å². The normalized spacial score (nSPS) is 10.4. The van der Waals surface area contributed by atoms with Crippen LogP contribution in [0.15, 0.2) is 60.9 Å². The van der Waals surface area contributed by atoms with Gasteiger partial charge in [0.15, 0.2) is 0 Å². The smallest absolute Gasteiger partial charge is 0.257 e. The second-order valence-corrected chi connectivity index (χ2v) is 6.52. The zero-order valence-corrected chi connectivity index (χ0v) is 15.6. The molecule has 0 spiro atoms. The van der Waals surface area contributed by atoms with Crippen LogP contribution in [0.3, 0.4) is 0 Å². The van der Waals surface area contributed by atoms with Crippen molar-refractivity contribution in [3.63, 3.8) is 0 Å². The predicted molar refractivity (Wildman–Crippen MR) is 106 cm³/mol. The van der Waals surface area contributed by atoms with Crippen molar-refractivity contribution in [1.29, 1.82) is 0 Å². The number of nitrogens with one attached hydrogen (secondary N) is 2. The minimum atomic E-state index is -0.363. The van der Waals surface area contributed by atoms with Crippen molar-refractivity contribution in [2.75, 3.05) is 5.32 Å². The monoisotopic (exact) mass is 377 g/mol. The Morgan fingerprint density at radius 2 is 1.57 bits per heavy atom. The fraction of sp³-hybridized carbons (Fsp3) is 0.136. The summed E-state index contributed by atoms with van der Waals surface area (Å²) in [6.45, 7) is 4.22. The number of hydrogen-bond donors (Lipinski definition) is 2. The Balaban J connectivity index is 1.66. The summed E-state index contributed by atoms with van der Waals surface area (Å²) in [6.07, 6.45) is 2.81. The van der Waals surface area contributed by atoms with E-state index in [0.717, 1.165) is 16.7 Å². The molecule has 0 radical (unpaired) electrons. The molecule has 0 saturated carbocycles. The first-order valence-corrected chi connectivity index (χ1v) is 8.78. The van der Waals surface area contributed by atoms with Gasteiger partial charge in [0.25, 0.3) is 11.8 Å². The number of rotatable bonds is 5. The van der Waals surface area contributed by atoms with Crippen molar-refractivity contribution in [2.24, 2.45) is 0 Å². The lowest BCUT2D eigenvalue weighted by Crippen LogP contribution is -2.23. The van der Waals surface area contributed by atoms with Crippen LogP contribution in [0.2, 0.25) is 0 Å². The summed E-state index contributed by atoms with van der Waals surface area (Å²) >= 11 is 0. The highest BCUT2D eigenvalue weighted by molar-refractivity contribution is 6.05. The van der Waals surface area contributed by atoms with Crippen LogP contribution in [0.25, 0.3) is 0 Å². The van der Waals surface area contributed by atoms with Crippen LogP contribution in [0, 0.1) is 19.7 Å². The van der Waals surface area contributed by atoms with Gasteiger partial charge in [-0.05, 0) is 60.9 Å². The van der Waals surface area contributed by atoms with Gasteiger partial charge in [-0.3, -0.25) is 14.6 Å². The number of benzene rings is 2. The molecule has 0 unspecified atom stereocenters. The highest BCUT2D eigenvalue weighted by Crippen LogP contribution is 2.15. The average molecular weight is 377 g/mol. The Labute approximate surface area is 162 Å². The first kappa shape index (κ1) is 19.2. The number of amides is 2. The van der Waals surface area contributed by atoms with E-state index in [9.17, 15) is 14.0 Å². The van der Waals surface area contributed by atoms with E-state index in [-0.39, 0.29) is 35.3 Å². The predicted octanol–water partition coefficient (Wildman–Crippen LogP) is 4.02. The Bertz CT molecular complexity index is 1020. The molecule has 0 bridgehead atoms. The Morgan fingerprint density at radius 1 is 0.893 bits per heavy atom. The third-order valence-corrected chi connectivity index (χ3v) is 4.39. The minimum absolute atomic E-state index is 0.248. The number of carbonyl (C=O) groups is 2. The van der Waals surface area contributed by atoms with Crippen LogP contribution in [-0.2, 0) is 6.54 Å². The van der Waals surface area contributed by atoms with Gasteiger partial charge in [0, 0.05) is 24.6 Å². The van der Waals surface area contributed by atoms with Gasteiger partial charge in [0.1, 0.15) is 5.82 Å². The number of pyridine rings is 1. The number of hydrogen-bond acceptors (Lipinski definition) is 3. The molecule has 3 rings (SSSR count). The molecule has 0 saturated heterocycles. The highest BCUT2D eigenvalue weighted by Gasteiger charge is 2.12. The van der Waals surface area contributed by atoms with Gasteiger partial charge in [-0.2, -0.15) is 0 Å². The van der Waals surface area contributed by atoms with E-state index in [2.05, 4.69) is 15.6 Å². The van der Waals surface area contributed by atoms with Crippen LogP contribution in [0.5, 0.6) is 0 Å². The van der Waals surface area contributed by atoms with Gasteiger partial charge >= 0.3 is 0 Å². The van der Waals surface area contributed by atoms with E-state index in [1.54, 1.807) is 12.1 Å². The van der Waals surface area contributed by atoms with Crippen molar-refractivity contribution in [1.82, 2.24) is 10.3 Å². The summed E-state index contributed by atoms with van der Waals surface area (Å²) in [6, 6.07) is 13.0. The number of nitrogens with zero attached hydrogens (tertiary/aromatic N) is 1. The maximum atomic E-state index is 12.9. The summed E-state index contributed by atoms with van der Waals surface area (Å²) in [4.78, 5) is 28.8. The van der Waals surface area contributed by atoms with E-state index in [4.69, 9.17) is 0 Å². The van der Waals surface area contributed by atoms with Gasteiger partial charge < -0.3 is 10.6 Å².